The first-order valence-corrected chi connectivity index (χ1v) is 6.24. The molecule has 110 valence electrons. The van der Waals surface area contributed by atoms with Crippen molar-refractivity contribution < 1.29 is 19.0 Å². The van der Waals surface area contributed by atoms with Gasteiger partial charge in [0.05, 0.1) is 7.11 Å². The lowest BCUT2D eigenvalue weighted by Crippen LogP contribution is -2.10. The summed E-state index contributed by atoms with van der Waals surface area (Å²) < 4.78 is 17.6. The molecule has 0 aliphatic heterocycles. The minimum absolute atomic E-state index is 0.107. The molecule has 0 aliphatic rings. The fraction of sp³-hybridized carbons (Fsp3) is 0.133. The van der Waals surface area contributed by atoms with Crippen molar-refractivity contribution in [1.29, 1.82) is 0 Å². The Balaban J connectivity index is 1.95. The van der Waals surface area contributed by atoms with Crippen LogP contribution in [0.4, 0.5) is 20.6 Å². The summed E-state index contributed by atoms with van der Waals surface area (Å²) in [7, 11) is 1.29. The van der Waals surface area contributed by atoms with Crippen molar-refractivity contribution in [3.8, 4) is 5.75 Å². The molecule has 2 aromatic carbocycles. The van der Waals surface area contributed by atoms with Crippen molar-refractivity contribution in [3.63, 3.8) is 0 Å². The molecule has 0 fully saturated rings. The van der Waals surface area contributed by atoms with E-state index >= 15 is 0 Å². The van der Waals surface area contributed by atoms with E-state index in [0.717, 1.165) is 11.8 Å². The zero-order valence-electron chi connectivity index (χ0n) is 11.4. The third-order valence-corrected chi connectivity index (χ3v) is 2.76. The number of anilines is 2. The molecule has 5 nitrogen and oxygen atoms in total. The number of nitrogens with one attached hydrogen (secondary N) is 2. The smallest absolute Gasteiger partial charge is 0.411 e. The predicted molar refractivity (Wildman–Crippen MR) is 77.9 cm³/mol. The third-order valence-electron chi connectivity index (χ3n) is 2.76. The molecule has 0 saturated heterocycles. The van der Waals surface area contributed by atoms with Crippen molar-refractivity contribution >= 4 is 17.5 Å². The van der Waals surface area contributed by atoms with Gasteiger partial charge in [0.2, 0.25) is 0 Å². The van der Waals surface area contributed by atoms with Crippen LogP contribution in [0.1, 0.15) is 5.56 Å². The van der Waals surface area contributed by atoms with Gasteiger partial charge in [-0.2, -0.15) is 0 Å². The van der Waals surface area contributed by atoms with Gasteiger partial charge in [-0.25, -0.2) is 9.18 Å². The maximum atomic E-state index is 13.1. The minimum atomic E-state index is -0.536. The number of methoxy groups -OCH3 is 1. The van der Waals surface area contributed by atoms with Gasteiger partial charge in [-0.15, -0.1) is 0 Å². The van der Waals surface area contributed by atoms with E-state index in [2.05, 4.69) is 15.4 Å². The van der Waals surface area contributed by atoms with Crippen LogP contribution in [0.5, 0.6) is 5.75 Å². The van der Waals surface area contributed by atoms with Crippen LogP contribution in [-0.2, 0) is 11.3 Å². The second kappa shape index (κ2) is 6.60. The molecule has 1 amide bonds. The molecule has 2 aromatic rings. The van der Waals surface area contributed by atoms with E-state index in [1.165, 1.54) is 19.2 Å². The average Bonchev–Trinajstić information content (AvgIpc) is 2.45. The van der Waals surface area contributed by atoms with E-state index in [1.807, 2.05) is 0 Å². The molecule has 0 heterocycles. The Kier molecular flexibility index (Phi) is 4.61. The second-order valence-electron chi connectivity index (χ2n) is 4.37. The van der Waals surface area contributed by atoms with Crippen LogP contribution in [0.2, 0.25) is 0 Å². The van der Waals surface area contributed by atoms with E-state index in [1.54, 1.807) is 24.3 Å². The summed E-state index contributed by atoms with van der Waals surface area (Å²) in [6.07, 6.45) is -0.536. The highest BCUT2D eigenvalue weighted by atomic mass is 19.1. The summed E-state index contributed by atoms with van der Waals surface area (Å²) in [5.41, 5.74) is 2.04. The average molecular weight is 290 g/mol. The highest BCUT2D eigenvalue weighted by Gasteiger charge is 2.02. The number of amides is 1. The van der Waals surface area contributed by atoms with Crippen molar-refractivity contribution in [2.45, 2.75) is 6.54 Å². The Bertz CT molecular complexity index is 609. The number of hydrogen-bond acceptors (Lipinski definition) is 4. The summed E-state index contributed by atoms with van der Waals surface area (Å²) in [6, 6.07) is 10.8. The van der Waals surface area contributed by atoms with Gasteiger partial charge >= 0.3 is 6.09 Å². The molecule has 0 bridgehead atoms. The Morgan fingerprint density at radius 1 is 1.19 bits per heavy atom. The molecule has 2 rings (SSSR count). The van der Waals surface area contributed by atoms with Crippen molar-refractivity contribution in [2.75, 3.05) is 17.7 Å². The van der Waals surface area contributed by atoms with Crippen LogP contribution in [0.3, 0.4) is 0 Å². The van der Waals surface area contributed by atoms with Crippen molar-refractivity contribution in [2.24, 2.45) is 0 Å². The number of benzene rings is 2. The van der Waals surface area contributed by atoms with E-state index in [4.69, 9.17) is 0 Å². The number of rotatable bonds is 4. The molecule has 0 saturated carbocycles. The van der Waals surface area contributed by atoms with Crippen molar-refractivity contribution in [3.05, 3.63) is 53.8 Å². The van der Waals surface area contributed by atoms with E-state index in [9.17, 15) is 14.3 Å². The number of hydrogen-bond donors (Lipinski definition) is 3. The first-order valence-electron chi connectivity index (χ1n) is 6.24. The highest BCUT2D eigenvalue weighted by molar-refractivity contribution is 5.84. The van der Waals surface area contributed by atoms with Crippen LogP contribution < -0.4 is 10.6 Å². The molecule has 0 aliphatic carbocycles. The summed E-state index contributed by atoms with van der Waals surface area (Å²) in [5, 5.41) is 14.9. The molecule has 3 N–H and O–H groups in total. The molecule has 0 atom stereocenters. The summed E-state index contributed by atoms with van der Waals surface area (Å²) in [5.74, 6) is -0.589. The Morgan fingerprint density at radius 3 is 2.48 bits per heavy atom. The zero-order valence-corrected chi connectivity index (χ0v) is 11.4. The molecule has 0 spiro atoms. The summed E-state index contributed by atoms with van der Waals surface area (Å²) in [4.78, 5) is 11.0. The van der Waals surface area contributed by atoms with Gasteiger partial charge in [-0.1, -0.05) is 0 Å². The molecule has 0 aromatic heterocycles. The van der Waals surface area contributed by atoms with Crippen molar-refractivity contribution in [1.82, 2.24) is 0 Å². The van der Waals surface area contributed by atoms with Crippen LogP contribution >= 0.6 is 0 Å². The lowest BCUT2D eigenvalue weighted by molar-refractivity contribution is 0.187. The lowest BCUT2D eigenvalue weighted by Gasteiger charge is -2.09. The molecule has 0 unspecified atom stereocenters. The number of carbonyl (C=O) groups is 1. The van der Waals surface area contributed by atoms with Crippen LogP contribution in [0, 0.1) is 5.82 Å². The van der Waals surface area contributed by atoms with Gasteiger partial charge in [0.25, 0.3) is 0 Å². The summed E-state index contributed by atoms with van der Waals surface area (Å²) >= 11 is 0. The van der Waals surface area contributed by atoms with Crippen LogP contribution in [0.15, 0.2) is 42.5 Å². The molecule has 21 heavy (non-hydrogen) atoms. The normalized spacial score (nSPS) is 10.0. The third kappa shape index (κ3) is 4.38. The fourth-order valence-electron chi connectivity index (χ4n) is 1.78. The Hall–Kier alpha value is -2.76. The maximum Gasteiger partial charge on any atom is 0.411 e. The standard InChI is InChI=1S/C15H15FN2O3/c1-21-15(20)18-13-4-2-12(3-5-13)17-9-10-6-11(16)8-14(19)7-10/h2-8,17,19H,9H2,1H3,(H,18,20). The molecular weight excluding hydrogens is 275 g/mol. The van der Waals surface area contributed by atoms with Gasteiger partial charge in [0.1, 0.15) is 11.6 Å². The second-order valence-corrected chi connectivity index (χ2v) is 4.37. The zero-order chi connectivity index (χ0) is 15.2. The van der Waals surface area contributed by atoms with Gasteiger partial charge < -0.3 is 15.2 Å². The maximum absolute atomic E-state index is 13.1. The SMILES string of the molecule is COC(=O)Nc1ccc(NCc2cc(O)cc(F)c2)cc1. The number of halogens is 1. The first-order chi connectivity index (χ1) is 10.1. The Labute approximate surface area is 121 Å². The largest absolute Gasteiger partial charge is 0.508 e. The number of phenolic OH excluding ortho intramolecular Hbond substituents is 1. The van der Waals surface area contributed by atoms with Gasteiger partial charge in [-0.3, -0.25) is 5.32 Å². The van der Waals surface area contributed by atoms with E-state index in [0.29, 0.717) is 17.8 Å². The van der Waals surface area contributed by atoms with Crippen LogP contribution in [0.25, 0.3) is 0 Å². The molecular formula is C15H15FN2O3. The quantitative estimate of drug-likeness (QED) is 0.808. The van der Waals surface area contributed by atoms with Crippen LogP contribution in [-0.4, -0.2) is 18.3 Å². The minimum Gasteiger partial charge on any atom is -0.508 e. The van der Waals surface area contributed by atoms with Gasteiger partial charge in [-0.05, 0) is 42.0 Å². The van der Waals surface area contributed by atoms with E-state index in [-0.39, 0.29) is 5.75 Å². The van der Waals surface area contributed by atoms with Gasteiger partial charge in [0.15, 0.2) is 0 Å². The lowest BCUT2D eigenvalue weighted by atomic mass is 10.2. The highest BCUT2D eigenvalue weighted by Crippen LogP contribution is 2.18. The Morgan fingerprint density at radius 2 is 1.86 bits per heavy atom. The number of aromatic hydroxyl groups is 1. The monoisotopic (exact) mass is 290 g/mol. The fourth-order valence-corrected chi connectivity index (χ4v) is 1.78. The first kappa shape index (κ1) is 14.6. The summed E-state index contributed by atoms with van der Waals surface area (Å²) in [6.45, 7) is 0.370. The predicted octanol–water partition coefficient (Wildman–Crippen LogP) is 3.32. The van der Waals surface area contributed by atoms with E-state index < -0.39 is 11.9 Å². The number of ether oxygens (including phenoxy) is 1. The topological polar surface area (TPSA) is 70.6 Å². The number of carbonyl (C=O) groups excluding carboxylic acids is 1. The van der Waals surface area contributed by atoms with Gasteiger partial charge in [0, 0.05) is 24.0 Å². The number of phenols is 1. The molecule has 6 heteroatoms. The molecule has 0 radical (unpaired) electrons.